The Morgan fingerprint density at radius 3 is 2.19 bits per heavy atom. The summed E-state index contributed by atoms with van der Waals surface area (Å²) in [4.78, 5) is 48.9. The summed E-state index contributed by atoms with van der Waals surface area (Å²) in [7, 11) is 0. The molecule has 0 spiro atoms. The Morgan fingerprint density at radius 2 is 1.54 bits per heavy atom. The van der Waals surface area contributed by atoms with Crippen LogP contribution in [0.4, 0.5) is 10.5 Å². The largest absolute Gasteiger partial charge is 0.464 e. The molecule has 1 heterocycles. The Bertz CT molecular complexity index is 1500. The Labute approximate surface area is 209 Å². The first-order valence-corrected chi connectivity index (χ1v) is 10.8. The fourth-order valence-corrected chi connectivity index (χ4v) is 3.60. The fraction of sp³-hybridized carbons (Fsp3) is 0.0400. The number of hydrogen-bond donors (Lipinski definition) is 4. The molecular formula is C25H20N6O6. The summed E-state index contributed by atoms with van der Waals surface area (Å²) < 4.78 is 0. The third-order valence-electron chi connectivity index (χ3n) is 5.30. The molecule has 12 heteroatoms. The molecule has 0 atom stereocenters. The normalized spacial score (nSPS) is 10.4. The van der Waals surface area contributed by atoms with Crippen molar-refractivity contribution >= 4 is 23.6 Å². The summed E-state index contributed by atoms with van der Waals surface area (Å²) in [5.41, 5.74) is 8.34. The quantitative estimate of drug-likeness (QED) is 0.231. The molecule has 4 N–H and O–H groups in total. The third-order valence-corrected chi connectivity index (χ3v) is 5.30. The molecule has 0 unspecified atom stereocenters. The second-order valence-electron chi connectivity index (χ2n) is 7.85. The number of aryl methyl sites for hydroxylation is 1. The van der Waals surface area contributed by atoms with Crippen LogP contribution >= 0.6 is 0 Å². The highest BCUT2D eigenvalue weighted by molar-refractivity contribution is 6.05. The zero-order valence-electron chi connectivity index (χ0n) is 19.3. The molecule has 0 aliphatic rings. The van der Waals surface area contributed by atoms with E-state index in [1.165, 1.54) is 24.3 Å². The molecule has 1 aromatic heterocycles. The molecule has 0 saturated carbocycles. The van der Waals surface area contributed by atoms with E-state index in [1.54, 1.807) is 54.6 Å². The van der Waals surface area contributed by atoms with E-state index in [-0.39, 0.29) is 33.8 Å². The van der Waals surface area contributed by atoms with Gasteiger partial charge in [0.05, 0.1) is 4.92 Å². The van der Waals surface area contributed by atoms with E-state index >= 15 is 0 Å². The average Bonchev–Trinajstić information content (AvgIpc) is 3.26. The van der Waals surface area contributed by atoms with Crippen molar-refractivity contribution < 1.29 is 24.4 Å². The van der Waals surface area contributed by atoms with Gasteiger partial charge in [-0.05, 0) is 24.6 Å². The van der Waals surface area contributed by atoms with Gasteiger partial charge in [-0.1, -0.05) is 60.2 Å². The Balaban J connectivity index is 1.81. The van der Waals surface area contributed by atoms with Crippen molar-refractivity contribution in [3.63, 3.8) is 0 Å². The monoisotopic (exact) mass is 500 g/mol. The minimum Gasteiger partial charge on any atom is -0.464 e. The molecule has 4 aromatic rings. The lowest BCUT2D eigenvalue weighted by Crippen LogP contribution is -2.43. The predicted octanol–water partition coefficient (Wildman–Crippen LogP) is 3.73. The summed E-state index contributed by atoms with van der Waals surface area (Å²) in [6.07, 6.45) is -1.51. The number of nitro benzene ring substituents is 1. The minimum absolute atomic E-state index is 0.116. The summed E-state index contributed by atoms with van der Waals surface area (Å²) in [5, 5.41) is 25.0. The smallest absolute Gasteiger partial charge is 0.425 e. The molecule has 3 aromatic carbocycles. The van der Waals surface area contributed by atoms with Crippen LogP contribution in [0, 0.1) is 17.0 Å². The topological polar surface area (TPSA) is 168 Å². The van der Waals surface area contributed by atoms with Crippen molar-refractivity contribution in [3.8, 4) is 22.4 Å². The van der Waals surface area contributed by atoms with Crippen molar-refractivity contribution in [2.24, 2.45) is 0 Å². The van der Waals surface area contributed by atoms with Gasteiger partial charge in [0, 0.05) is 28.8 Å². The van der Waals surface area contributed by atoms with Crippen LogP contribution < -0.4 is 16.3 Å². The number of benzene rings is 3. The van der Waals surface area contributed by atoms with Gasteiger partial charge in [-0.2, -0.15) is 9.89 Å². The molecule has 186 valence electrons. The number of non-ortho nitro benzene ring substituents is 1. The van der Waals surface area contributed by atoms with Crippen LogP contribution in [0.2, 0.25) is 0 Å². The zero-order chi connectivity index (χ0) is 26.5. The van der Waals surface area contributed by atoms with Crippen LogP contribution in [0.25, 0.3) is 22.4 Å². The third kappa shape index (κ3) is 5.43. The van der Waals surface area contributed by atoms with Crippen LogP contribution in [0.3, 0.4) is 0 Å². The minimum atomic E-state index is -1.51. The van der Waals surface area contributed by atoms with Crippen molar-refractivity contribution in [3.05, 3.63) is 106 Å². The van der Waals surface area contributed by atoms with Crippen molar-refractivity contribution in [1.82, 2.24) is 20.7 Å². The zero-order valence-corrected chi connectivity index (χ0v) is 19.3. The van der Waals surface area contributed by atoms with Crippen LogP contribution in [-0.2, 0) is 0 Å². The number of amides is 3. The van der Waals surface area contributed by atoms with Gasteiger partial charge >= 0.3 is 6.09 Å². The number of rotatable bonds is 6. The van der Waals surface area contributed by atoms with Gasteiger partial charge in [-0.15, -0.1) is 0 Å². The van der Waals surface area contributed by atoms with Gasteiger partial charge in [0.1, 0.15) is 5.69 Å². The number of carbonyl (C=O) groups is 3. The van der Waals surface area contributed by atoms with Crippen LogP contribution in [0.15, 0.2) is 78.9 Å². The molecule has 3 amide bonds. The number of aromatic nitrogens is 2. The molecular weight excluding hydrogens is 480 g/mol. The van der Waals surface area contributed by atoms with E-state index in [1.807, 2.05) is 12.3 Å². The van der Waals surface area contributed by atoms with Gasteiger partial charge in [0.15, 0.2) is 5.69 Å². The first-order chi connectivity index (χ1) is 17.7. The first-order valence-electron chi connectivity index (χ1n) is 10.8. The molecule has 0 aliphatic carbocycles. The molecule has 0 aliphatic heterocycles. The van der Waals surface area contributed by atoms with Gasteiger partial charge in [-0.25, -0.2) is 10.2 Å². The second-order valence-corrected chi connectivity index (χ2v) is 7.85. The molecule has 0 radical (unpaired) electrons. The summed E-state index contributed by atoms with van der Waals surface area (Å²) in [5.74, 6) is -1.52. The number of carbonyl (C=O) groups excluding carboxylic acids is 2. The SMILES string of the molecule is Cc1ccc(C(=O)NNC(=O)c2c(-c3cccc([N+](=O)[O-])c3)c(-c3ccccc3)nn2NC(=O)O)cc1. The van der Waals surface area contributed by atoms with Gasteiger partial charge < -0.3 is 5.11 Å². The summed E-state index contributed by atoms with van der Waals surface area (Å²) >= 11 is 0. The highest BCUT2D eigenvalue weighted by Crippen LogP contribution is 2.35. The van der Waals surface area contributed by atoms with E-state index in [0.29, 0.717) is 5.56 Å². The standard InChI is InChI=1S/C25H20N6O6/c1-15-10-12-17(13-11-15)23(32)26-27-24(33)22-20(18-8-5-9-19(14-18)31(36)37)21(16-6-3-2-4-7-16)28-30(22)29-25(34)35/h2-14,29H,1H3,(H,26,32)(H,27,33)(H,34,35). The van der Waals surface area contributed by atoms with Gasteiger partial charge in [-0.3, -0.25) is 30.6 Å². The van der Waals surface area contributed by atoms with Crippen molar-refractivity contribution in [1.29, 1.82) is 0 Å². The lowest BCUT2D eigenvalue weighted by Gasteiger charge is -2.11. The summed E-state index contributed by atoms with van der Waals surface area (Å²) in [6, 6.07) is 20.7. The molecule has 37 heavy (non-hydrogen) atoms. The molecule has 0 saturated heterocycles. The van der Waals surface area contributed by atoms with E-state index in [0.717, 1.165) is 10.4 Å². The number of nitro groups is 1. The maximum absolute atomic E-state index is 13.3. The molecule has 12 nitrogen and oxygen atoms in total. The van der Waals surface area contributed by atoms with E-state index < -0.39 is 22.8 Å². The van der Waals surface area contributed by atoms with Gasteiger partial charge in [0.25, 0.3) is 17.5 Å². The molecule has 4 rings (SSSR count). The van der Waals surface area contributed by atoms with E-state index in [2.05, 4.69) is 16.0 Å². The molecule has 0 bridgehead atoms. The van der Waals surface area contributed by atoms with Gasteiger partial charge in [0.2, 0.25) is 0 Å². The summed E-state index contributed by atoms with van der Waals surface area (Å²) in [6.45, 7) is 1.86. The second kappa shape index (κ2) is 10.4. The maximum atomic E-state index is 13.3. The lowest BCUT2D eigenvalue weighted by molar-refractivity contribution is -0.384. The highest BCUT2D eigenvalue weighted by atomic mass is 16.6. The van der Waals surface area contributed by atoms with Crippen molar-refractivity contribution in [2.75, 3.05) is 5.43 Å². The number of nitrogens with zero attached hydrogens (tertiary/aromatic N) is 3. The fourth-order valence-electron chi connectivity index (χ4n) is 3.60. The Kier molecular flexibility index (Phi) is 6.91. The average molecular weight is 500 g/mol. The van der Waals surface area contributed by atoms with Crippen LogP contribution in [0.1, 0.15) is 26.4 Å². The molecule has 0 fully saturated rings. The van der Waals surface area contributed by atoms with E-state index in [4.69, 9.17) is 0 Å². The van der Waals surface area contributed by atoms with Crippen LogP contribution in [-0.4, -0.2) is 37.8 Å². The first kappa shape index (κ1) is 24.6. The highest BCUT2D eigenvalue weighted by Gasteiger charge is 2.28. The Morgan fingerprint density at radius 1 is 0.892 bits per heavy atom. The lowest BCUT2D eigenvalue weighted by atomic mass is 9.98. The van der Waals surface area contributed by atoms with Crippen LogP contribution in [0.5, 0.6) is 0 Å². The number of hydrazine groups is 1. The number of carboxylic acid groups (broad SMARTS) is 1. The Hall–Kier alpha value is -5.52. The number of nitrogens with one attached hydrogen (secondary N) is 3. The van der Waals surface area contributed by atoms with Crippen molar-refractivity contribution in [2.45, 2.75) is 6.92 Å². The predicted molar refractivity (Wildman–Crippen MR) is 133 cm³/mol. The van der Waals surface area contributed by atoms with E-state index in [9.17, 15) is 29.6 Å². The maximum Gasteiger partial charge on any atom is 0.425 e. The number of hydrogen-bond acceptors (Lipinski definition) is 6.